The van der Waals surface area contributed by atoms with E-state index >= 15 is 0 Å². The number of ketones is 2. The van der Waals surface area contributed by atoms with Gasteiger partial charge in [0.05, 0.1) is 11.6 Å². The van der Waals surface area contributed by atoms with Gasteiger partial charge in [0.2, 0.25) is 5.78 Å². The molecule has 36 heavy (non-hydrogen) atoms. The highest BCUT2D eigenvalue weighted by Crippen LogP contribution is 2.53. The monoisotopic (exact) mass is 497 g/mol. The molecule has 0 saturated carbocycles. The van der Waals surface area contributed by atoms with Crippen molar-refractivity contribution in [3.05, 3.63) is 39.9 Å². The normalized spacial score (nSPS) is 27.9. The number of anilines is 2. The summed E-state index contributed by atoms with van der Waals surface area (Å²) in [5.74, 6) is -6.19. The van der Waals surface area contributed by atoms with Gasteiger partial charge in [0, 0.05) is 31.3 Å². The van der Waals surface area contributed by atoms with Gasteiger partial charge in [0.15, 0.2) is 17.0 Å². The van der Waals surface area contributed by atoms with Crippen molar-refractivity contribution in [3.63, 3.8) is 0 Å². The maximum Gasteiger partial charge on any atom is 0.293 e. The number of carbonyl (C=O) groups excluding carboxylic acids is 3. The van der Waals surface area contributed by atoms with E-state index in [0.29, 0.717) is 16.8 Å². The van der Waals surface area contributed by atoms with Crippen molar-refractivity contribution in [1.82, 2.24) is 9.88 Å². The number of aliphatic hydroxyl groups is 3. The molecule has 0 spiro atoms. The Balaban J connectivity index is 1.78. The number of aliphatic hydroxyl groups excluding tert-OH is 2. The van der Waals surface area contributed by atoms with Crippen molar-refractivity contribution in [3.8, 4) is 0 Å². The number of nitrogens with zero attached hydrogens (tertiary/aromatic N) is 3. The van der Waals surface area contributed by atoms with Crippen LogP contribution in [0.15, 0.2) is 33.1 Å². The minimum Gasteiger partial charge on any atom is -0.510 e. The van der Waals surface area contributed by atoms with Crippen LogP contribution in [0.5, 0.6) is 0 Å². The highest BCUT2D eigenvalue weighted by molar-refractivity contribution is 6.25. The molecule has 3 aliphatic carbocycles. The minimum absolute atomic E-state index is 0.0647. The lowest BCUT2D eigenvalue weighted by atomic mass is 9.58. The lowest BCUT2D eigenvalue weighted by Gasteiger charge is -2.50. The van der Waals surface area contributed by atoms with Crippen molar-refractivity contribution in [2.75, 3.05) is 38.8 Å². The highest BCUT2D eigenvalue weighted by atomic mass is 16.4. The number of benzene rings is 1. The summed E-state index contributed by atoms with van der Waals surface area (Å²) in [6.45, 7) is 0. The molecule has 12 nitrogen and oxygen atoms in total. The van der Waals surface area contributed by atoms with Gasteiger partial charge in [-0.2, -0.15) is 4.98 Å². The van der Waals surface area contributed by atoms with E-state index in [1.165, 1.54) is 4.90 Å². The lowest BCUT2D eigenvalue weighted by molar-refractivity contribution is -0.148. The molecule has 1 aromatic heterocycles. The number of primary amides is 1. The van der Waals surface area contributed by atoms with Crippen LogP contribution in [0.3, 0.4) is 0 Å². The molecule has 190 valence electrons. The number of nitrogens with two attached hydrogens (primary N) is 2. The smallest absolute Gasteiger partial charge is 0.293 e. The number of aromatic nitrogens is 1. The standard InChI is InChI=1S/C24H27N5O7/c1-28(2)12-7-11-19(36-23(26)27-11)14-9(12)5-8-6-10-16(29(3)4)18(31)15(22(25)34)21(33)24(10,35)20(32)13(8)17(14)30/h7-8,10,16,31-32,35H,5-6H2,1-4H3,(H2,25,34)(H2,26,27). The van der Waals surface area contributed by atoms with Crippen molar-refractivity contribution in [2.24, 2.45) is 17.6 Å². The van der Waals surface area contributed by atoms with Crippen LogP contribution in [-0.4, -0.2) is 82.5 Å². The Morgan fingerprint density at radius 1 is 1.22 bits per heavy atom. The van der Waals surface area contributed by atoms with E-state index in [1.54, 1.807) is 20.2 Å². The number of fused-ring (bicyclic) bond motifs is 5. The molecule has 0 saturated heterocycles. The first kappa shape index (κ1) is 23.8. The first-order valence-corrected chi connectivity index (χ1v) is 11.3. The van der Waals surface area contributed by atoms with Crippen LogP contribution >= 0.6 is 0 Å². The van der Waals surface area contributed by atoms with E-state index in [-0.39, 0.29) is 35.6 Å². The first-order chi connectivity index (χ1) is 16.8. The van der Waals surface area contributed by atoms with Gasteiger partial charge in [0.1, 0.15) is 22.6 Å². The minimum atomic E-state index is -2.64. The van der Waals surface area contributed by atoms with E-state index in [1.807, 2.05) is 19.0 Å². The molecule has 0 fully saturated rings. The maximum absolute atomic E-state index is 13.9. The third-order valence-corrected chi connectivity index (χ3v) is 7.58. The second-order valence-electron chi connectivity index (χ2n) is 10.0. The molecule has 3 aliphatic rings. The van der Waals surface area contributed by atoms with E-state index in [0.717, 1.165) is 0 Å². The van der Waals surface area contributed by atoms with Crippen LogP contribution in [0.25, 0.3) is 11.1 Å². The molecule has 0 bridgehead atoms. The summed E-state index contributed by atoms with van der Waals surface area (Å²) in [5, 5.41) is 33.9. The molecule has 1 amide bonds. The average molecular weight is 498 g/mol. The quantitative estimate of drug-likeness (QED) is 0.363. The van der Waals surface area contributed by atoms with Gasteiger partial charge in [-0.15, -0.1) is 0 Å². The second-order valence-corrected chi connectivity index (χ2v) is 10.0. The summed E-state index contributed by atoms with van der Waals surface area (Å²) >= 11 is 0. The molecule has 2 aromatic rings. The number of carbonyl (C=O) groups is 3. The summed E-state index contributed by atoms with van der Waals surface area (Å²) in [7, 11) is 6.83. The van der Waals surface area contributed by atoms with Crippen molar-refractivity contribution < 1.29 is 34.1 Å². The summed E-state index contributed by atoms with van der Waals surface area (Å²) < 4.78 is 5.54. The van der Waals surface area contributed by atoms with Gasteiger partial charge in [-0.3, -0.25) is 19.3 Å². The van der Waals surface area contributed by atoms with Gasteiger partial charge in [0.25, 0.3) is 11.9 Å². The molecule has 1 aromatic carbocycles. The Bertz CT molecular complexity index is 1440. The first-order valence-electron chi connectivity index (χ1n) is 11.3. The lowest BCUT2D eigenvalue weighted by Crippen LogP contribution is -2.63. The molecule has 12 heteroatoms. The van der Waals surface area contributed by atoms with Crippen LogP contribution in [0.1, 0.15) is 22.3 Å². The Morgan fingerprint density at radius 2 is 1.89 bits per heavy atom. The van der Waals surface area contributed by atoms with Crippen molar-refractivity contribution in [1.29, 1.82) is 0 Å². The summed E-state index contributed by atoms with van der Waals surface area (Å²) in [5.41, 5.74) is 9.52. The van der Waals surface area contributed by atoms with Gasteiger partial charge >= 0.3 is 0 Å². The van der Waals surface area contributed by atoms with Crippen molar-refractivity contribution in [2.45, 2.75) is 24.5 Å². The van der Waals surface area contributed by atoms with Gasteiger partial charge in [-0.1, -0.05) is 0 Å². The van der Waals surface area contributed by atoms with E-state index < -0.39 is 58.0 Å². The third-order valence-electron chi connectivity index (χ3n) is 7.58. The fourth-order valence-electron chi connectivity index (χ4n) is 6.10. The Labute approximate surface area is 205 Å². The number of amides is 1. The Hall–Kier alpha value is -3.90. The zero-order valence-corrected chi connectivity index (χ0v) is 20.2. The van der Waals surface area contributed by atoms with E-state index in [9.17, 15) is 29.7 Å². The number of hydrogen-bond acceptors (Lipinski definition) is 11. The molecule has 0 radical (unpaired) electrons. The number of nitrogen functional groups attached to an aromatic ring is 1. The zero-order valence-electron chi connectivity index (χ0n) is 20.2. The molecule has 4 unspecified atom stereocenters. The van der Waals surface area contributed by atoms with Gasteiger partial charge in [-0.25, -0.2) is 0 Å². The number of allylic oxidation sites excluding steroid dienone is 1. The number of Topliss-reactive ketones (excluding diaryl/α,β-unsaturated/α-hetero) is 2. The average Bonchev–Trinajstić information content (AvgIpc) is 3.14. The Morgan fingerprint density at radius 3 is 2.47 bits per heavy atom. The largest absolute Gasteiger partial charge is 0.510 e. The molecule has 1 heterocycles. The fraction of sp³-hybridized carbons (Fsp3) is 0.417. The van der Waals surface area contributed by atoms with Gasteiger partial charge < -0.3 is 36.1 Å². The summed E-state index contributed by atoms with van der Waals surface area (Å²) in [6, 6.07) is 0.608. The molecular weight excluding hydrogens is 470 g/mol. The number of oxazole rings is 1. The number of hydrogen-bond donors (Lipinski definition) is 5. The molecule has 0 aliphatic heterocycles. The SMILES string of the molecule is CN(C)c1cc2nc(N)oc2c2c1CC1CC3C(N(C)C)C(O)=C(C(N)=O)C(=O)C3(O)C(O)=C1C2=O. The maximum atomic E-state index is 13.9. The predicted molar refractivity (Wildman–Crippen MR) is 128 cm³/mol. The number of rotatable bonds is 3. The second kappa shape index (κ2) is 7.55. The van der Waals surface area contributed by atoms with Crippen LogP contribution < -0.4 is 16.4 Å². The highest BCUT2D eigenvalue weighted by Gasteiger charge is 2.63. The molecule has 7 N–H and O–H groups in total. The molecular formula is C24H27N5O7. The van der Waals surface area contributed by atoms with E-state index in [2.05, 4.69) is 4.98 Å². The van der Waals surface area contributed by atoms with Gasteiger partial charge in [-0.05, 0) is 44.5 Å². The van der Waals surface area contributed by atoms with Crippen LogP contribution in [-0.2, 0) is 16.0 Å². The van der Waals surface area contributed by atoms with Crippen LogP contribution in [0.2, 0.25) is 0 Å². The topological polar surface area (TPSA) is 196 Å². The third kappa shape index (κ3) is 2.88. The summed E-state index contributed by atoms with van der Waals surface area (Å²) in [6.07, 6.45) is 0.341. The summed E-state index contributed by atoms with van der Waals surface area (Å²) in [4.78, 5) is 46.9. The zero-order chi connectivity index (χ0) is 26.4. The predicted octanol–water partition coefficient (Wildman–Crippen LogP) is 0.204. The Kier molecular flexibility index (Phi) is 4.99. The van der Waals surface area contributed by atoms with Crippen LogP contribution in [0, 0.1) is 11.8 Å². The number of likely N-dealkylation sites (N-methyl/N-ethyl adjacent to an activating group) is 1. The fourth-order valence-corrected chi connectivity index (χ4v) is 6.10. The molecule has 4 atom stereocenters. The van der Waals surface area contributed by atoms with Crippen LogP contribution in [0.4, 0.5) is 11.7 Å². The van der Waals surface area contributed by atoms with E-state index in [4.69, 9.17) is 15.9 Å². The van der Waals surface area contributed by atoms with Crippen molar-refractivity contribution >= 4 is 40.3 Å². The molecule has 5 rings (SSSR count).